The second kappa shape index (κ2) is 5.07. The molecule has 1 amide bonds. The van der Waals surface area contributed by atoms with Crippen LogP contribution >= 0.6 is 0 Å². The smallest absolute Gasteiger partial charge is 0.287 e. The molecule has 0 radical (unpaired) electrons. The van der Waals surface area contributed by atoms with Crippen LogP contribution in [0.25, 0.3) is 0 Å². The summed E-state index contributed by atoms with van der Waals surface area (Å²) < 4.78 is 1.73. The number of imidazole rings is 1. The number of rotatable bonds is 4. The second-order valence-electron chi connectivity index (χ2n) is 5.35. The highest BCUT2D eigenvalue weighted by atomic mass is 16.2. The van der Waals surface area contributed by atoms with E-state index in [4.69, 9.17) is 0 Å². The lowest BCUT2D eigenvalue weighted by Gasteiger charge is -2.18. The normalized spacial score (nSPS) is 15.9. The van der Waals surface area contributed by atoms with Crippen LogP contribution in [-0.4, -0.2) is 20.4 Å². The number of pyridine rings is 1. The summed E-state index contributed by atoms with van der Waals surface area (Å²) in [5, 5.41) is 3.08. The highest BCUT2D eigenvalue weighted by Gasteiger charge is 2.35. The summed E-state index contributed by atoms with van der Waals surface area (Å²) in [4.78, 5) is 20.9. The first-order chi connectivity index (χ1) is 9.65. The first-order valence-corrected chi connectivity index (χ1v) is 6.87. The zero-order chi connectivity index (χ0) is 14.1. The minimum Gasteiger partial charge on any atom is -0.341 e. The largest absolute Gasteiger partial charge is 0.341 e. The van der Waals surface area contributed by atoms with E-state index in [2.05, 4.69) is 15.3 Å². The van der Waals surface area contributed by atoms with Crippen LogP contribution < -0.4 is 5.32 Å². The molecule has 0 saturated heterocycles. The van der Waals surface area contributed by atoms with Gasteiger partial charge in [-0.2, -0.15) is 0 Å². The highest BCUT2D eigenvalue weighted by molar-refractivity contribution is 5.91. The van der Waals surface area contributed by atoms with Gasteiger partial charge in [-0.25, -0.2) is 4.98 Å². The molecule has 1 aliphatic carbocycles. The molecule has 0 aromatic carbocycles. The Balaban J connectivity index is 1.82. The van der Waals surface area contributed by atoms with Crippen molar-refractivity contribution in [2.24, 2.45) is 13.0 Å². The number of carbonyl (C=O) groups excluding carboxylic acids is 1. The Morgan fingerprint density at radius 1 is 1.45 bits per heavy atom. The van der Waals surface area contributed by atoms with Gasteiger partial charge in [-0.1, -0.05) is 6.07 Å². The zero-order valence-corrected chi connectivity index (χ0v) is 11.7. The van der Waals surface area contributed by atoms with Crippen molar-refractivity contribution in [1.29, 1.82) is 0 Å². The molecule has 2 heterocycles. The van der Waals surface area contributed by atoms with Gasteiger partial charge in [0.05, 0.1) is 11.7 Å². The average molecular weight is 270 g/mol. The quantitative estimate of drug-likeness (QED) is 0.924. The summed E-state index contributed by atoms with van der Waals surface area (Å²) in [5.41, 5.74) is 1.91. The lowest BCUT2D eigenvalue weighted by atomic mass is 10.1. The number of aromatic nitrogens is 3. The van der Waals surface area contributed by atoms with Gasteiger partial charge in [0, 0.05) is 25.1 Å². The third-order valence-corrected chi connectivity index (χ3v) is 3.63. The molecule has 0 bridgehead atoms. The minimum atomic E-state index is -0.141. The van der Waals surface area contributed by atoms with Crippen molar-refractivity contribution >= 4 is 5.91 Å². The number of hydrogen-bond donors (Lipinski definition) is 1. The predicted molar refractivity (Wildman–Crippen MR) is 75.1 cm³/mol. The molecule has 5 nitrogen and oxygen atoms in total. The van der Waals surface area contributed by atoms with Crippen molar-refractivity contribution in [2.45, 2.75) is 25.8 Å². The van der Waals surface area contributed by atoms with E-state index in [-0.39, 0.29) is 11.9 Å². The molecule has 1 saturated carbocycles. The molecule has 20 heavy (non-hydrogen) atoms. The third kappa shape index (κ3) is 2.57. The fraction of sp³-hybridized carbons (Fsp3) is 0.400. The maximum atomic E-state index is 12.3. The topological polar surface area (TPSA) is 59.8 Å². The molecule has 104 valence electrons. The van der Waals surface area contributed by atoms with Gasteiger partial charge >= 0.3 is 0 Å². The van der Waals surface area contributed by atoms with Gasteiger partial charge in [0.15, 0.2) is 5.82 Å². The predicted octanol–water partition coefficient (Wildman–Crippen LogP) is 2.00. The summed E-state index contributed by atoms with van der Waals surface area (Å²) in [6, 6.07) is 5.92. The summed E-state index contributed by atoms with van der Waals surface area (Å²) in [7, 11) is 1.82. The van der Waals surface area contributed by atoms with E-state index in [1.54, 1.807) is 17.0 Å². The summed E-state index contributed by atoms with van der Waals surface area (Å²) in [6.45, 7) is 1.97. The van der Waals surface area contributed by atoms with Gasteiger partial charge in [-0.15, -0.1) is 0 Å². The van der Waals surface area contributed by atoms with Gasteiger partial charge in [0.1, 0.15) is 0 Å². The molecule has 0 unspecified atom stereocenters. The first-order valence-electron chi connectivity index (χ1n) is 6.87. The third-order valence-electron chi connectivity index (χ3n) is 3.63. The molecule has 1 N–H and O–H groups in total. The average Bonchev–Trinajstić information content (AvgIpc) is 3.17. The molecule has 1 fully saturated rings. The van der Waals surface area contributed by atoms with Gasteiger partial charge in [0.2, 0.25) is 0 Å². The summed E-state index contributed by atoms with van der Waals surface area (Å²) >= 11 is 0. The first kappa shape index (κ1) is 12.8. The van der Waals surface area contributed by atoms with E-state index in [9.17, 15) is 4.79 Å². The maximum absolute atomic E-state index is 12.3. The molecule has 3 rings (SSSR count). The Labute approximate surface area is 118 Å². The number of hydrogen-bond acceptors (Lipinski definition) is 3. The van der Waals surface area contributed by atoms with Crippen molar-refractivity contribution < 1.29 is 4.79 Å². The van der Waals surface area contributed by atoms with E-state index < -0.39 is 0 Å². The van der Waals surface area contributed by atoms with E-state index >= 15 is 0 Å². The van der Waals surface area contributed by atoms with Crippen LogP contribution in [0.2, 0.25) is 0 Å². The van der Waals surface area contributed by atoms with Crippen molar-refractivity contribution in [3.63, 3.8) is 0 Å². The molecule has 2 aromatic heterocycles. The van der Waals surface area contributed by atoms with Crippen LogP contribution in [0, 0.1) is 12.8 Å². The SMILES string of the molecule is Cc1cccc([C@H](NC(=O)c2nccn2C)C2CC2)n1. The fourth-order valence-electron chi connectivity index (χ4n) is 2.39. The van der Waals surface area contributed by atoms with Crippen LogP contribution in [0.4, 0.5) is 0 Å². The van der Waals surface area contributed by atoms with Gasteiger partial charge in [0.25, 0.3) is 5.91 Å². The summed E-state index contributed by atoms with van der Waals surface area (Å²) in [5.74, 6) is 0.787. The Hall–Kier alpha value is -2.17. The molecule has 5 heteroatoms. The van der Waals surface area contributed by atoms with Gasteiger partial charge in [-0.3, -0.25) is 9.78 Å². The minimum absolute atomic E-state index is 0.0147. The van der Waals surface area contributed by atoms with Gasteiger partial charge < -0.3 is 9.88 Å². The molecule has 1 aliphatic rings. The van der Waals surface area contributed by atoms with Gasteiger partial charge in [-0.05, 0) is 37.8 Å². The number of nitrogens with zero attached hydrogens (tertiary/aromatic N) is 3. The van der Waals surface area contributed by atoms with Crippen LogP contribution in [0.5, 0.6) is 0 Å². The van der Waals surface area contributed by atoms with Crippen molar-refractivity contribution in [2.75, 3.05) is 0 Å². The highest BCUT2D eigenvalue weighted by Crippen LogP contribution is 2.40. The van der Waals surface area contributed by atoms with E-state index in [0.29, 0.717) is 11.7 Å². The molecule has 2 aromatic rings. The molecule has 0 spiro atoms. The van der Waals surface area contributed by atoms with Crippen LogP contribution in [-0.2, 0) is 7.05 Å². The number of aryl methyl sites for hydroxylation is 2. The molecule has 1 atom stereocenters. The Kier molecular flexibility index (Phi) is 3.26. The van der Waals surface area contributed by atoms with Crippen molar-refractivity contribution in [1.82, 2.24) is 19.9 Å². The fourth-order valence-corrected chi connectivity index (χ4v) is 2.39. The van der Waals surface area contributed by atoms with Crippen LogP contribution in [0.3, 0.4) is 0 Å². The Morgan fingerprint density at radius 2 is 2.25 bits per heavy atom. The number of amides is 1. The van der Waals surface area contributed by atoms with Crippen molar-refractivity contribution in [3.05, 3.63) is 47.8 Å². The van der Waals surface area contributed by atoms with Crippen LogP contribution in [0.15, 0.2) is 30.6 Å². The Bertz CT molecular complexity index is 630. The maximum Gasteiger partial charge on any atom is 0.287 e. The molecule has 0 aliphatic heterocycles. The van der Waals surface area contributed by atoms with Crippen molar-refractivity contribution in [3.8, 4) is 0 Å². The van der Waals surface area contributed by atoms with E-state index in [0.717, 1.165) is 24.2 Å². The Morgan fingerprint density at radius 3 is 2.85 bits per heavy atom. The molecular formula is C15H18N4O. The van der Waals surface area contributed by atoms with E-state index in [1.165, 1.54) is 0 Å². The second-order valence-corrected chi connectivity index (χ2v) is 5.35. The number of carbonyl (C=O) groups is 1. The van der Waals surface area contributed by atoms with E-state index in [1.807, 2.05) is 32.2 Å². The van der Waals surface area contributed by atoms with Crippen LogP contribution in [0.1, 0.15) is 40.9 Å². The lowest BCUT2D eigenvalue weighted by Crippen LogP contribution is -2.32. The molecular weight excluding hydrogens is 252 g/mol. The lowest BCUT2D eigenvalue weighted by molar-refractivity contribution is 0.0917. The standard InChI is InChI=1S/C15H18N4O/c1-10-4-3-5-12(17-10)13(11-6-7-11)18-15(20)14-16-8-9-19(14)2/h3-5,8-9,11,13H,6-7H2,1-2H3,(H,18,20)/t13-/m1/s1. The number of nitrogens with one attached hydrogen (secondary N) is 1. The summed E-state index contributed by atoms with van der Waals surface area (Å²) in [6.07, 6.45) is 5.68. The monoisotopic (exact) mass is 270 g/mol. The zero-order valence-electron chi connectivity index (χ0n) is 11.7.